The zero-order valence-corrected chi connectivity index (χ0v) is 15.2. The van der Waals surface area contributed by atoms with Crippen LogP contribution in [0.3, 0.4) is 0 Å². The van der Waals surface area contributed by atoms with Gasteiger partial charge in [-0.1, -0.05) is 43.2 Å². The Hall–Kier alpha value is -1.61. The summed E-state index contributed by atoms with van der Waals surface area (Å²) in [7, 11) is 0. The fourth-order valence-electron chi connectivity index (χ4n) is 2.89. The van der Waals surface area contributed by atoms with E-state index >= 15 is 0 Å². The molecule has 0 saturated heterocycles. The van der Waals surface area contributed by atoms with Crippen LogP contribution >= 0.6 is 11.3 Å². The molecular weight excluding hydrogens is 316 g/mol. The Labute approximate surface area is 149 Å². The molecule has 0 fully saturated rings. The minimum Gasteiger partial charge on any atom is -0.481 e. The first-order chi connectivity index (χ1) is 11.7. The van der Waals surface area contributed by atoms with Crippen molar-refractivity contribution in [3.8, 4) is 0 Å². The van der Waals surface area contributed by atoms with Crippen molar-refractivity contribution in [2.24, 2.45) is 0 Å². The molecule has 0 aliphatic rings. The molecule has 130 valence electrons. The molecule has 1 N–H and O–H groups in total. The molecule has 0 bridgehead atoms. The molecule has 2 rings (SSSR count). The number of benzene rings is 1. The molecule has 0 unspecified atom stereocenters. The third-order valence-corrected chi connectivity index (χ3v) is 5.47. The number of aryl methyl sites for hydroxylation is 3. The average molecular weight is 345 g/mol. The zero-order valence-electron chi connectivity index (χ0n) is 14.4. The summed E-state index contributed by atoms with van der Waals surface area (Å²) >= 11 is 1.90. The van der Waals surface area contributed by atoms with Gasteiger partial charge in [-0.25, -0.2) is 0 Å². The summed E-state index contributed by atoms with van der Waals surface area (Å²) in [6.45, 7) is 0. The monoisotopic (exact) mass is 344 g/mol. The van der Waals surface area contributed by atoms with E-state index in [-0.39, 0.29) is 0 Å². The van der Waals surface area contributed by atoms with Crippen LogP contribution in [0.5, 0.6) is 0 Å². The van der Waals surface area contributed by atoms with Crippen molar-refractivity contribution in [2.45, 2.75) is 64.2 Å². The molecule has 0 saturated carbocycles. The maximum absolute atomic E-state index is 10.5. The smallest absolute Gasteiger partial charge is 0.303 e. The van der Waals surface area contributed by atoms with Gasteiger partial charge in [-0.15, -0.1) is 11.3 Å². The molecule has 0 radical (unpaired) electrons. The third-order valence-electron chi connectivity index (χ3n) is 4.26. The first kappa shape index (κ1) is 18.7. The number of carbonyl (C=O) groups is 1. The summed E-state index contributed by atoms with van der Waals surface area (Å²) in [4.78, 5) is 13.4. The van der Waals surface area contributed by atoms with Crippen LogP contribution in [0.4, 0.5) is 0 Å². The Bertz CT molecular complexity index is 589. The number of aliphatic carboxylic acids is 1. The van der Waals surface area contributed by atoms with Gasteiger partial charge in [0.05, 0.1) is 0 Å². The summed E-state index contributed by atoms with van der Waals surface area (Å²) in [6.07, 6.45) is 10.6. The van der Waals surface area contributed by atoms with Gasteiger partial charge < -0.3 is 5.11 Å². The molecular formula is C21H28O2S. The van der Waals surface area contributed by atoms with Crippen molar-refractivity contribution in [2.75, 3.05) is 0 Å². The third kappa shape index (κ3) is 7.78. The van der Waals surface area contributed by atoms with Gasteiger partial charge in [-0.2, -0.15) is 0 Å². The summed E-state index contributed by atoms with van der Waals surface area (Å²) < 4.78 is 0. The van der Waals surface area contributed by atoms with Gasteiger partial charge in [0, 0.05) is 16.2 Å². The summed E-state index contributed by atoms with van der Waals surface area (Å²) in [5, 5.41) is 8.64. The van der Waals surface area contributed by atoms with Crippen LogP contribution in [0.15, 0.2) is 42.5 Å². The standard InChI is InChI=1S/C21H28O2S/c22-21(23)15-9-8-14-20-17-16-19(24-20)13-7-2-1-4-10-18-11-5-3-6-12-18/h3,5-6,11-12,16-17H,1-2,4,7-10,13-15H2,(H,22,23). The molecule has 1 aromatic carbocycles. The number of thiophene rings is 1. The van der Waals surface area contributed by atoms with E-state index in [1.165, 1.54) is 53.8 Å². The van der Waals surface area contributed by atoms with Gasteiger partial charge in [-0.3, -0.25) is 4.79 Å². The molecule has 0 amide bonds. The molecule has 0 atom stereocenters. The highest BCUT2D eigenvalue weighted by molar-refractivity contribution is 7.11. The maximum atomic E-state index is 10.5. The molecule has 2 aromatic rings. The fraction of sp³-hybridized carbons (Fsp3) is 0.476. The predicted octanol–water partition coefficient (Wildman–Crippen LogP) is 5.89. The first-order valence-electron chi connectivity index (χ1n) is 9.07. The van der Waals surface area contributed by atoms with Crippen LogP contribution < -0.4 is 0 Å². The van der Waals surface area contributed by atoms with E-state index in [9.17, 15) is 4.79 Å². The maximum Gasteiger partial charge on any atom is 0.303 e. The number of carboxylic acids is 1. The van der Waals surface area contributed by atoms with E-state index < -0.39 is 5.97 Å². The molecule has 2 nitrogen and oxygen atoms in total. The lowest BCUT2D eigenvalue weighted by atomic mass is 10.1. The Morgan fingerprint density at radius 3 is 1.96 bits per heavy atom. The van der Waals surface area contributed by atoms with E-state index in [1.54, 1.807) is 0 Å². The lowest BCUT2D eigenvalue weighted by molar-refractivity contribution is -0.137. The van der Waals surface area contributed by atoms with Crippen molar-refractivity contribution >= 4 is 17.3 Å². The number of carboxylic acid groups (broad SMARTS) is 1. The minimum atomic E-state index is -0.686. The van der Waals surface area contributed by atoms with Crippen LogP contribution in [0, 0.1) is 0 Å². The highest BCUT2D eigenvalue weighted by Gasteiger charge is 2.02. The lowest BCUT2D eigenvalue weighted by Crippen LogP contribution is -1.94. The Morgan fingerprint density at radius 1 is 0.750 bits per heavy atom. The van der Waals surface area contributed by atoms with Crippen LogP contribution in [-0.2, 0) is 24.1 Å². The molecule has 1 aromatic heterocycles. The Kier molecular flexibility index (Phi) is 8.61. The van der Waals surface area contributed by atoms with Crippen LogP contribution in [-0.4, -0.2) is 11.1 Å². The molecule has 0 aliphatic heterocycles. The average Bonchev–Trinajstić information content (AvgIpc) is 3.03. The van der Waals surface area contributed by atoms with Crippen molar-refractivity contribution in [3.63, 3.8) is 0 Å². The van der Waals surface area contributed by atoms with E-state index in [1.807, 2.05) is 11.3 Å². The second-order valence-electron chi connectivity index (χ2n) is 6.37. The van der Waals surface area contributed by atoms with E-state index in [0.717, 1.165) is 19.3 Å². The van der Waals surface area contributed by atoms with E-state index in [2.05, 4.69) is 42.5 Å². The zero-order chi connectivity index (χ0) is 17.0. The van der Waals surface area contributed by atoms with Gasteiger partial charge in [0.25, 0.3) is 0 Å². The SMILES string of the molecule is O=C(O)CCCCc1ccc(CCCCCCc2ccccc2)s1. The molecule has 0 aliphatic carbocycles. The Morgan fingerprint density at radius 2 is 1.33 bits per heavy atom. The van der Waals surface area contributed by atoms with E-state index in [0.29, 0.717) is 6.42 Å². The topological polar surface area (TPSA) is 37.3 Å². The summed E-state index contributed by atoms with van der Waals surface area (Å²) in [5.41, 5.74) is 1.45. The minimum absolute atomic E-state index is 0.293. The van der Waals surface area contributed by atoms with Gasteiger partial charge in [-0.05, 0) is 62.6 Å². The second-order valence-corrected chi connectivity index (χ2v) is 7.62. The Balaban J connectivity index is 1.52. The summed E-state index contributed by atoms with van der Waals surface area (Å²) in [5.74, 6) is -0.686. The number of rotatable bonds is 12. The van der Waals surface area contributed by atoms with Gasteiger partial charge in [0.1, 0.15) is 0 Å². The predicted molar refractivity (Wildman–Crippen MR) is 102 cm³/mol. The van der Waals surface area contributed by atoms with Crippen LogP contribution in [0.1, 0.15) is 60.3 Å². The molecule has 24 heavy (non-hydrogen) atoms. The molecule has 0 spiro atoms. The van der Waals surface area contributed by atoms with Gasteiger partial charge in [0.2, 0.25) is 0 Å². The quantitative estimate of drug-likeness (QED) is 0.487. The highest BCUT2D eigenvalue weighted by Crippen LogP contribution is 2.21. The van der Waals surface area contributed by atoms with Gasteiger partial charge in [0.15, 0.2) is 0 Å². The lowest BCUT2D eigenvalue weighted by Gasteiger charge is -2.02. The molecule has 3 heteroatoms. The van der Waals surface area contributed by atoms with Crippen molar-refractivity contribution in [1.29, 1.82) is 0 Å². The number of unbranched alkanes of at least 4 members (excludes halogenated alkanes) is 4. The van der Waals surface area contributed by atoms with Crippen molar-refractivity contribution in [1.82, 2.24) is 0 Å². The molecule has 1 heterocycles. The largest absolute Gasteiger partial charge is 0.481 e. The van der Waals surface area contributed by atoms with Crippen LogP contribution in [0.25, 0.3) is 0 Å². The van der Waals surface area contributed by atoms with Crippen molar-refractivity contribution < 1.29 is 9.90 Å². The van der Waals surface area contributed by atoms with Crippen molar-refractivity contribution in [3.05, 3.63) is 57.8 Å². The summed E-state index contributed by atoms with van der Waals surface area (Å²) in [6, 6.07) is 15.2. The first-order valence-corrected chi connectivity index (χ1v) is 9.89. The fourth-order valence-corrected chi connectivity index (χ4v) is 3.99. The second kappa shape index (κ2) is 11.0. The van der Waals surface area contributed by atoms with Gasteiger partial charge >= 0.3 is 5.97 Å². The number of hydrogen-bond acceptors (Lipinski definition) is 2. The van der Waals surface area contributed by atoms with E-state index in [4.69, 9.17) is 5.11 Å². The highest BCUT2D eigenvalue weighted by atomic mass is 32.1. The van der Waals surface area contributed by atoms with Crippen LogP contribution in [0.2, 0.25) is 0 Å². The number of hydrogen-bond donors (Lipinski definition) is 1. The normalized spacial score (nSPS) is 10.8.